The standard InChI is InChI=1S/C11H12F2N2O2S/c1-8-4-5-10(9(7-8)3-2-6-14)15-18(16,17)11(12)13/h4-5,7,11,15H,6,14H2,1H3. The summed E-state index contributed by atoms with van der Waals surface area (Å²) in [5.41, 5.74) is 6.36. The van der Waals surface area contributed by atoms with E-state index in [4.69, 9.17) is 5.73 Å². The van der Waals surface area contributed by atoms with Crippen LogP contribution in [0.2, 0.25) is 0 Å². The van der Waals surface area contributed by atoms with Gasteiger partial charge in [-0.2, -0.15) is 8.78 Å². The van der Waals surface area contributed by atoms with Crippen molar-refractivity contribution < 1.29 is 17.2 Å². The van der Waals surface area contributed by atoms with E-state index in [2.05, 4.69) is 11.8 Å². The molecule has 0 saturated carbocycles. The van der Waals surface area contributed by atoms with E-state index < -0.39 is 15.8 Å². The zero-order valence-electron chi connectivity index (χ0n) is 9.57. The molecule has 3 N–H and O–H groups in total. The summed E-state index contributed by atoms with van der Waals surface area (Å²) < 4.78 is 48.5. The molecule has 98 valence electrons. The monoisotopic (exact) mass is 274 g/mol. The Morgan fingerprint density at radius 3 is 2.67 bits per heavy atom. The van der Waals surface area contributed by atoms with Crippen molar-refractivity contribution in [2.24, 2.45) is 5.73 Å². The van der Waals surface area contributed by atoms with Crippen LogP contribution in [0, 0.1) is 18.8 Å². The van der Waals surface area contributed by atoms with Crippen LogP contribution in [0.3, 0.4) is 0 Å². The van der Waals surface area contributed by atoms with E-state index in [-0.39, 0.29) is 12.2 Å². The molecule has 0 amide bonds. The van der Waals surface area contributed by atoms with Crippen molar-refractivity contribution in [1.82, 2.24) is 0 Å². The largest absolute Gasteiger partial charge is 0.355 e. The lowest BCUT2D eigenvalue weighted by Gasteiger charge is -2.09. The number of aryl methyl sites for hydroxylation is 1. The second-order valence-corrected chi connectivity index (χ2v) is 5.11. The molecule has 0 spiro atoms. The van der Waals surface area contributed by atoms with Crippen LogP contribution in [-0.2, 0) is 10.0 Å². The molecular weight excluding hydrogens is 262 g/mol. The fourth-order valence-electron chi connectivity index (χ4n) is 1.19. The summed E-state index contributed by atoms with van der Waals surface area (Å²) in [7, 11) is -4.69. The summed E-state index contributed by atoms with van der Waals surface area (Å²) in [5, 5.41) is 0. The van der Waals surface area contributed by atoms with Gasteiger partial charge in [-0.1, -0.05) is 17.9 Å². The molecule has 0 aromatic heterocycles. The number of rotatable bonds is 3. The molecule has 0 saturated heterocycles. The normalized spacial score (nSPS) is 10.9. The van der Waals surface area contributed by atoms with Crippen LogP contribution < -0.4 is 10.5 Å². The third-order valence-electron chi connectivity index (χ3n) is 1.99. The molecule has 0 heterocycles. The molecule has 1 aromatic carbocycles. The zero-order valence-corrected chi connectivity index (χ0v) is 10.4. The minimum Gasteiger partial charge on any atom is -0.320 e. The van der Waals surface area contributed by atoms with Crippen LogP contribution in [0.4, 0.5) is 14.5 Å². The van der Waals surface area contributed by atoms with Crippen molar-refractivity contribution in [2.45, 2.75) is 12.7 Å². The van der Waals surface area contributed by atoms with Crippen molar-refractivity contribution in [3.8, 4) is 11.8 Å². The first-order valence-electron chi connectivity index (χ1n) is 4.96. The number of alkyl halides is 2. The Labute approximate surface area is 104 Å². The first-order chi connectivity index (χ1) is 8.36. The highest BCUT2D eigenvalue weighted by Gasteiger charge is 2.24. The van der Waals surface area contributed by atoms with Crippen LogP contribution >= 0.6 is 0 Å². The SMILES string of the molecule is Cc1ccc(NS(=O)(=O)C(F)F)c(C#CCN)c1. The highest BCUT2D eigenvalue weighted by Crippen LogP contribution is 2.19. The third-order valence-corrected chi connectivity index (χ3v) is 2.96. The molecule has 0 unspecified atom stereocenters. The Morgan fingerprint density at radius 1 is 1.44 bits per heavy atom. The van der Waals surface area contributed by atoms with Crippen molar-refractivity contribution in [2.75, 3.05) is 11.3 Å². The van der Waals surface area contributed by atoms with Gasteiger partial charge in [-0.25, -0.2) is 8.42 Å². The minimum atomic E-state index is -4.69. The molecule has 7 heteroatoms. The molecule has 0 fully saturated rings. The van der Waals surface area contributed by atoms with E-state index in [1.54, 1.807) is 23.8 Å². The lowest BCUT2D eigenvalue weighted by molar-refractivity contribution is 0.236. The van der Waals surface area contributed by atoms with E-state index in [1.165, 1.54) is 6.07 Å². The smallest absolute Gasteiger partial charge is 0.320 e. The van der Waals surface area contributed by atoms with Crippen LogP contribution in [0.1, 0.15) is 11.1 Å². The lowest BCUT2D eigenvalue weighted by atomic mass is 10.1. The molecule has 0 aliphatic heterocycles. The second kappa shape index (κ2) is 5.80. The predicted molar refractivity (Wildman–Crippen MR) is 65.7 cm³/mol. The average molecular weight is 274 g/mol. The topological polar surface area (TPSA) is 72.2 Å². The van der Waals surface area contributed by atoms with Gasteiger partial charge in [0.2, 0.25) is 0 Å². The van der Waals surface area contributed by atoms with E-state index in [0.717, 1.165) is 5.56 Å². The Kier molecular flexibility index (Phi) is 4.64. The van der Waals surface area contributed by atoms with Gasteiger partial charge in [0.15, 0.2) is 0 Å². The highest BCUT2D eigenvalue weighted by molar-refractivity contribution is 7.93. The van der Waals surface area contributed by atoms with Crippen LogP contribution in [0.25, 0.3) is 0 Å². The summed E-state index contributed by atoms with van der Waals surface area (Å²) in [6.45, 7) is 1.87. The molecular formula is C11H12F2N2O2S. The fraction of sp³-hybridized carbons (Fsp3) is 0.273. The number of benzene rings is 1. The molecule has 0 radical (unpaired) electrons. The van der Waals surface area contributed by atoms with E-state index in [1.807, 2.05) is 0 Å². The van der Waals surface area contributed by atoms with Crippen molar-refractivity contribution in [3.05, 3.63) is 29.3 Å². The van der Waals surface area contributed by atoms with Crippen molar-refractivity contribution in [3.63, 3.8) is 0 Å². The van der Waals surface area contributed by atoms with Gasteiger partial charge in [0.25, 0.3) is 10.0 Å². The quantitative estimate of drug-likeness (QED) is 0.815. The maximum absolute atomic E-state index is 12.3. The van der Waals surface area contributed by atoms with Crippen LogP contribution in [-0.4, -0.2) is 20.7 Å². The number of sulfonamides is 1. The molecule has 0 atom stereocenters. The summed E-state index contributed by atoms with van der Waals surface area (Å²) >= 11 is 0. The molecule has 0 aliphatic rings. The average Bonchev–Trinajstić information content (AvgIpc) is 2.29. The number of anilines is 1. The molecule has 0 aliphatic carbocycles. The maximum Gasteiger partial charge on any atom is 0.355 e. The molecule has 18 heavy (non-hydrogen) atoms. The number of hydrogen-bond acceptors (Lipinski definition) is 3. The number of hydrogen-bond donors (Lipinski definition) is 2. The van der Waals surface area contributed by atoms with Gasteiger partial charge in [-0.05, 0) is 24.6 Å². The van der Waals surface area contributed by atoms with E-state index in [9.17, 15) is 17.2 Å². The first-order valence-corrected chi connectivity index (χ1v) is 6.51. The van der Waals surface area contributed by atoms with Crippen LogP contribution in [0.15, 0.2) is 18.2 Å². The van der Waals surface area contributed by atoms with Gasteiger partial charge < -0.3 is 5.73 Å². The van der Waals surface area contributed by atoms with E-state index >= 15 is 0 Å². The van der Waals surface area contributed by atoms with Gasteiger partial charge in [0.05, 0.1) is 12.2 Å². The summed E-state index contributed by atoms with van der Waals surface area (Å²) in [6, 6.07) is 4.57. The summed E-state index contributed by atoms with van der Waals surface area (Å²) in [4.78, 5) is 0. The fourth-order valence-corrected chi connectivity index (χ4v) is 1.77. The maximum atomic E-state index is 12.3. The number of nitrogens with one attached hydrogen (secondary N) is 1. The Morgan fingerprint density at radius 2 is 2.11 bits per heavy atom. The van der Waals surface area contributed by atoms with Crippen LogP contribution in [0.5, 0.6) is 0 Å². The van der Waals surface area contributed by atoms with E-state index in [0.29, 0.717) is 5.56 Å². The van der Waals surface area contributed by atoms with Gasteiger partial charge in [-0.3, -0.25) is 4.72 Å². The number of nitrogens with two attached hydrogens (primary N) is 1. The van der Waals surface area contributed by atoms with Gasteiger partial charge in [-0.15, -0.1) is 0 Å². The lowest BCUT2D eigenvalue weighted by Crippen LogP contribution is -2.21. The molecule has 1 aromatic rings. The van der Waals surface area contributed by atoms with Gasteiger partial charge in [0, 0.05) is 5.56 Å². The first kappa shape index (κ1) is 14.4. The van der Waals surface area contributed by atoms with Crippen molar-refractivity contribution >= 4 is 15.7 Å². The summed E-state index contributed by atoms with van der Waals surface area (Å²) in [5.74, 6) is 1.68. The third kappa shape index (κ3) is 3.68. The minimum absolute atomic E-state index is 0.0156. The summed E-state index contributed by atoms with van der Waals surface area (Å²) in [6.07, 6.45) is 0. The molecule has 0 bridgehead atoms. The second-order valence-electron chi connectivity index (χ2n) is 3.46. The Balaban J connectivity index is 3.17. The molecule has 1 rings (SSSR count). The Hall–Kier alpha value is -1.65. The predicted octanol–water partition coefficient (Wildman–Crippen LogP) is 1.27. The highest BCUT2D eigenvalue weighted by atomic mass is 32.2. The molecule has 4 nitrogen and oxygen atoms in total. The van der Waals surface area contributed by atoms with Gasteiger partial charge >= 0.3 is 5.76 Å². The Bertz CT molecular complexity index is 589. The number of halogens is 2. The van der Waals surface area contributed by atoms with Gasteiger partial charge in [0.1, 0.15) is 0 Å². The van der Waals surface area contributed by atoms with Crippen molar-refractivity contribution in [1.29, 1.82) is 0 Å². The zero-order chi connectivity index (χ0) is 13.8.